The van der Waals surface area contributed by atoms with Gasteiger partial charge in [0.05, 0.1) is 5.57 Å². The van der Waals surface area contributed by atoms with Crippen molar-refractivity contribution < 1.29 is 4.74 Å². The number of nitrogens with zero attached hydrogens (tertiary/aromatic N) is 2. The van der Waals surface area contributed by atoms with Crippen molar-refractivity contribution in [1.82, 2.24) is 4.90 Å². The molecule has 0 bridgehead atoms. The van der Waals surface area contributed by atoms with Crippen LogP contribution in [-0.4, -0.2) is 31.6 Å². The van der Waals surface area contributed by atoms with Crippen LogP contribution in [-0.2, 0) is 4.74 Å². The molecule has 0 heterocycles. The summed E-state index contributed by atoms with van der Waals surface area (Å²) in [7, 11) is 3.92. The van der Waals surface area contributed by atoms with E-state index in [1.54, 1.807) is 0 Å². The van der Waals surface area contributed by atoms with E-state index in [9.17, 15) is 0 Å². The Morgan fingerprint density at radius 1 is 1.54 bits per heavy atom. The van der Waals surface area contributed by atoms with Gasteiger partial charge in [-0.05, 0) is 21.0 Å². The zero-order chi connectivity index (χ0) is 10.4. The van der Waals surface area contributed by atoms with Gasteiger partial charge in [0, 0.05) is 6.54 Å². The molecule has 0 aromatic rings. The summed E-state index contributed by atoms with van der Waals surface area (Å²) in [6.45, 7) is 9.83. The monoisotopic (exact) mass is 180 g/mol. The van der Waals surface area contributed by atoms with Gasteiger partial charge in [-0.25, -0.2) is 0 Å². The topological polar surface area (TPSA) is 36.3 Å². The van der Waals surface area contributed by atoms with Crippen molar-refractivity contribution in [3.05, 3.63) is 24.5 Å². The van der Waals surface area contributed by atoms with Crippen molar-refractivity contribution in [2.75, 3.05) is 20.6 Å². The summed E-state index contributed by atoms with van der Waals surface area (Å²) in [6.07, 6.45) is 0.0209. The van der Waals surface area contributed by atoms with Crippen LogP contribution in [0.25, 0.3) is 0 Å². The van der Waals surface area contributed by atoms with Crippen LogP contribution in [0.3, 0.4) is 0 Å². The van der Waals surface area contributed by atoms with Gasteiger partial charge < -0.3 is 9.64 Å². The van der Waals surface area contributed by atoms with E-state index in [1.807, 2.05) is 32.0 Å². The molecule has 0 spiro atoms. The lowest BCUT2D eigenvalue weighted by atomic mass is 10.3. The molecule has 0 N–H and O–H groups in total. The van der Waals surface area contributed by atoms with Gasteiger partial charge in [0.15, 0.2) is 0 Å². The van der Waals surface area contributed by atoms with Gasteiger partial charge in [0.25, 0.3) is 0 Å². The fourth-order valence-electron chi connectivity index (χ4n) is 0.928. The van der Waals surface area contributed by atoms with Gasteiger partial charge in [0.1, 0.15) is 17.9 Å². The summed E-state index contributed by atoms with van der Waals surface area (Å²) >= 11 is 0. The molecule has 0 aliphatic rings. The maximum atomic E-state index is 8.50. The first kappa shape index (κ1) is 11.7. The number of ether oxygens (including phenoxy) is 1. The summed E-state index contributed by atoms with van der Waals surface area (Å²) in [5, 5.41) is 8.50. The Labute approximate surface area is 79.9 Å². The van der Waals surface area contributed by atoms with Crippen molar-refractivity contribution in [1.29, 1.82) is 5.26 Å². The van der Waals surface area contributed by atoms with Crippen LogP contribution in [0.2, 0.25) is 0 Å². The van der Waals surface area contributed by atoms with Crippen molar-refractivity contribution in [2.24, 2.45) is 0 Å². The minimum Gasteiger partial charge on any atom is -0.489 e. The van der Waals surface area contributed by atoms with Crippen LogP contribution in [0.1, 0.15) is 6.92 Å². The van der Waals surface area contributed by atoms with Crippen LogP contribution in [0.15, 0.2) is 24.5 Å². The Hall–Kier alpha value is -1.27. The fourth-order valence-corrected chi connectivity index (χ4v) is 0.928. The molecule has 3 heteroatoms. The normalized spacial score (nSPS) is 11.9. The highest BCUT2D eigenvalue weighted by molar-refractivity contribution is 5.33. The zero-order valence-electron chi connectivity index (χ0n) is 8.50. The Balaban J connectivity index is 3.94. The van der Waals surface area contributed by atoms with E-state index >= 15 is 0 Å². The summed E-state index contributed by atoms with van der Waals surface area (Å²) in [4.78, 5) is 2.01. The first-order chi connectivity index (χ1) is 5.97. The summed E-state index contributed by atoms with van der Waals surface area (Å²) < 4.78 is 5.36. The largest absolute Gasteiger partial charge is 0.489 e. The smallest absolute Gasteiger partial charge is 0.129 e. The van der Waals surface area contributed by atoms with Crippen molar-refractivity contribution in [3.63, 3.8) is 0 Å². The maximum absolute atomic E-state index is 8.50. The van der Waals surface area contributed by atoms with Gasteiger partial charge >= 0.3 is 0 Å². The maximum Gasteiger partial charge on any atom is 0.129 e. The molecule has 0 radical (unpaired) electrons. The van der Waals surface area contributed by atoms with Crippen LogP contribution in [0.4, 0.5) is 0 Å². The van der Waals surface area contributed by atoms with E-state index in [2.05, 4.69) is 13.2 Å². The van der Waals surface area contributed by atoms with E-state index in [-0.39, 0.29) is 11.7 Å². The average Bonchev–Trinajstić information content (AvgIpc) is 2.01. The summed E-state index contributed by atoms with van der Waals surface area (Å²) in [5.74, 6) is 0.358. The van der Waals surface area contributed by atoms with Crippen LogP contribution in [0, 0.1) is 11.3 Å². The van der Waals surface area contributed by atoms with E-state index in [1.165, 1.54) is 0 Å². The lowest BCUT2D eigenvalue weighted by Crippen LogP contribution is -2.25. The molecule has 0 saturated heterocycles. The number of hydrogen-bond donors (Lipinski definition) is 0. The van der Waals surface area contributed by atoms with Gasteiger partial charge in [-0.15, -0.1) is 0 Å². The second-order valence-corrected chi connectivity index (χ2v) is 3.20. The Kier molecular flexibility index (Phi) is 4.86. The molecular formula is C10H16N2O. The molecule has 0 saturated carbocycles. The number of rotatable bonds is 5. The number of likely N-dealkylation sites (N-methyl/N-ethyl adjacent to an activating group) is 1. The Morgan fingerprint density at radius 3 is 2.46 bits per heavy atom. The molecule has 0 aliphatic carbocycles. The minimum absolute atomic E-state index is 0.0209. The van der Waals surface area contributed by atoms with Crippen LogP contribution < -0.4 is 0 Å². The molecule has 13 heavy (non-hydrogen) atoms. The molecule has 1 atom stereocenters. The number of nitriles is 1. The predicted octanol–water partition coefficient (Wildman–Crippen LogP) is 1.55. The lowest BCUT2D eigenvalue weighted by Gasteiger charge is -2.19. The average molecular weight is 180 g/mol. The standard InChI is InChI=1S/C10H16N2O/c1-8(6-11)10(3)13-9(2)7-12(4)5/h9H,1,3,7H2,2,4-5H3. The fraction of sp³-hybridized carbons (Fsp3) is 0.500. The van der Waals surface area contributed by atoms with E-state index < -0.39 is 0 Å². The SMILES string of the molecule is C=C(C#N)C(=C)OC(C)CN(C)C. The Morgan fingerprint density at radius 2 is 2.08 bits per heavy atom. The Bertz CT molecular complexity index is 238. The first-order valence-electron chi connectivity index (χ1n) is 4.07. The lowest BCUT2D eigenvalue weighted by molar-refractivity contribution is 0.112. The van der Waals surface area contributed by atoms with Gasteiger partial charge in [-0.2, -0.15) is 5.26 Å². The van der Waals surface area contributed by atoms with Crippen LogP contribution >= 0.6 is 0 Å². The second kappa shape index (κ2) is 5.39. The van der Waals surface area contributed by atoms with E-state index in [0.717, 1.165) is 6.54 Å². The number of allylic oxidation sites excluding steroid dienone is 1. The summed E-state index contributed by atoms with van der Waals surface area (Å²) in [5.41, 5.74) is 0.283. The molecule has 0 aromatic carbocycles. The molecular weight excluding hydrogens is 164 g/mol. The van der Waals surface area contributed by atoms with Crippen molar-refractivity contribution in [2.45, 2.75) is 13.0 Å². The second-order valence-electron chi connectivity index (χ2n) is 3.20. The van der Waals surface area contributed by atoms with E-state index in [4.69, 9.17) is 10.00 Å². The van der Waals surface area contributed by atoms with Crippen LogP contribution in [0.5, 0.6) is 0 Å². The molecule has 72 valence electrons. The third-order valence-corrected chi connectivity index (χ3v) is 1.44. The van der Waals surface area contributed by atoms with Crippen molar-refractivity contribution in [3.8, 4) is 6.07 Å². The third-order valence-electron chi connectivity index (χ3n) is 1.44. The highest BCUT2D eigenvalue weighted by Crippen LogP contribution is 2.08. The zero-order valence-corrected chi connectivity index (χ0v) is 8.50. The van der Waals surface area contributed by atoms with Gasteiger partial charge in [-0.3, -0.25) is 0 Å². The first-order valence-corrected chi connectivity index (χ1v) is 4.07. The quantitative estimate of drug-likeness (QED) is 0.366. The molecule has 0 rings (SSSR count). The van der Waals surface area contributed by atoms with E-state index in [0.29, 0.717) is 5.76 Å². The molecule has 0 aromatic heterocycles. The predicted molar refractivity (Wildman–Crippen MR) is 53.0 cm³/mol. The van der Waals surface area contributed by atoms with Gasteiger partial charge in [-0.1, -0.05) is 13.2 Å². The molecule has 3 nitrogen and oxygen atoms in total. The molecule has 1 unspecified atom stereocenters. The highest BCUT2D eigenvalue weighted by Gasteiger charge is 2.07. The minimum atomic E-state index is 0.0209. The van der Waals surface area contributed by atoms with Gasteiger partial charge in [0.2, 0.25) is 0 Å². The third kappa shape index (κ3) is 5.05. The molecule has 0 aliphatic heterocycles. The highest BCUT2D eigenvalue weighted by atomic mass is 16.5. The summed E-state index contributed by atoms with van der Waals surface area (Å²) in [6, 6.07) is 1.89. The molecule has 0 fully saturated rings. The number of hydrogen-bond acceptors (Lipinski definition) is 3. The van der Waals surface area contributed by atoms with Crippen molar-refractivity contribution >= 4 is 0 Å². The molecule has 0 amide bonds.